The smallest absolute Gasteiger partial charge is 0.243 e. The number of unbranched alkanes of at least 4 members (excludes halogenated alkanes) is 2. The fourth-order valence-electron chi connectivity index (χ4n) is 6.59. The molecule has 0 aliphatic carbocycles. The standard InChI is InChI=1S/C44H82N16O11/c1-24(2)19-32(40(68)52-22-35(63)56-29(37(47)65)13-8-10-16-45)58-36(64)23-53-41(69)33(20-25(3)4)60-43(71)31(14-9-11-17-46)59-39(67)27(6)54-38(66)26(5)55-42(70)30(15-12-18-50-44(48)49)57-34(62)21-51-28(7)61/h24-27,29-33H,8-23,45-46H2,1-7H3,(H2,47,65)(H,51,61)(H,52,68)(H,53,69)(H,54,66)(H,55,70)(H,56,63)(H,57,62)(H,58,64)(H,59,67)(H,60,71)(H4,48,49,50)/t26-,27-,29-,30-,31-,32-,33-/m0/s1. The molecule has 0 aliphatic rings. The van der Waals surface area contributed by atoms with E-state index >= 15 is 0 Å². The SMILES string of the molecule is CC(=O)NCC(=O)N[C@@H](CCCN=C(N)N)C(=O)N[C@@H](C)C(=O)N[C@@H](C)C(=O)N[C@@H](CCCCN)C(=O)N[C@@H](CC(C)C)C(=O)NCC(=O)N[C@@H](CC(C)C)C(=O)NCC(=O)N[C@@H](CCCCN)C(N)=O. The van der Waals surface area contributed by atoms with Gasteiger partial charge in [0, 0.05) is 13.5 Å². The first-order valence-corrected chi connectivity index (χ1v) is 24.0. The van der Waals surface area contributed by atoms with Gasteiger partial charge in [0.1, 0.15) is 42.3 Å². The van der Waals surface area contributed by atoms with Crippen molar-refractivity contribution in [2.24, 2.45) is 45.5 Å². The Morgan fingerprint density at radius 2 is 0.789 bits per heavy atom. The number of carbonyl (C=O) groups excluding carboxylic acids is 11. The van der Waals surface area contributed by atoms with Crippen LogP contribution in [0.25, 0.3) is 0 Å². The van der Waals surface area contributed by atoms with Gasteiger partial charge in [-0.3, -0.25) is 57.7 Å². The molecule has 0 aromatic carbocycles. The van der Waals surface area contributed by atoms with E-state index in [0.29, 0.717) is 32.2 Å². The number of nitrogens with two attached hydrogens (primary N) is 5. The first-order valence-electron chi connectivity index (χ1n) is 24.0. The maximum atomic E-state index is 13.8. The second-order valence-corrected chi connectivity index (χ2v) is 18.0. The Morgan fingerprint density at radius 1 is 0.423 bits per heavy atom. The molecule has 0 fully saturated rings. The molecule has 27 nitrogen and oxygen atoms in total. The van der Waals surface area contributed by atoms with Gasteiger partial charge in [-0.2, -0.15) is 0 Å². The number of nitrogens with one attached hydrogen (secondary N) is 10. The van der Waals surface area contributed by atoms with Crippen LogP contribution in [-0.4, -0.2) is 152 Å². The molecule has 0 aliphatic heterocycles. The van der Waals surface area contributed by atoms with E-state index in [-0.39, 0.29) is 69.4 Å². The summed E-state index contributed by atoms with van der Waals surface area (Å²) in [6.45, 7) is 10.5. The number of primary amides is 1. The molecule has 27 heteroatoms. The zero-order chi connectivity index (χ0) is 54.2. The van der Waals surface area contributed by atoms with Gasteiger partial charge < -0.3 is 81.8 Å². The van der Waals surface area contributed by atoms with Gasteiger partial charge in [0.05, 0.1) is 19.6 Å². The summed E-state index contributed by atoms with van der Waals surface area (Å²) < 4.78 is 0. The van der Waals surface area contributed by atoms with Crippen LogP contribution < -0.4 is 81.8 Å². The van der Waals surface area contributed by atoms with Crippen molar-refractivity contribution in [2.75, 3.05) is 39.3 Å². The first kappa shape index (κ1) is 64.4. The number of rotatable bonds is 36. The number of nitrogens with zero attached hydrogens (tertiary/aromatic N) is 1. The number of guanidine groups is 1. The van der Waals surface area contributed by atoms with Gasteiger partial charge in [0.2, 0.25) is 65.0 Å². The summed E-state index contributed by atoms with van der Waals surface area (Å²) in [6.07, 6.45) is 3.05. The molecule has 0 heterocycles. The topological polar surface area (TPSA) is 451 Å². The van der Waals surface area contributed by atoms with Crippen molar-refractivity contribution in [3.8, 4) is 0 Å². The Bertz CT molecular complexity index is 1810. The van der Waals surface area contributed by atoms with E-state index in [1.165, 1.54) is 20.8 Å². The Labute approximate surface area is 415 Å². The summed E-state index contributed by atoms with van der Waals surface area (Å²) in [5.74, 6) is -8.12. The highest BCUT2D eigenvalue weighted by Gasteiger charge is 2.31. The molecule has 0 bridgehead atoms. The number of carbonyl (C=O) groups is 11. The second kappa shape index (κ2) is 35.5. The van der Waals surface area contributed by atoms with Gasteiger partial charge in [-0.25, -0.2) is 0 Å². The van der Waals surface area contributed by atoms with E-state index in [4.69, 9.17) is 28.7 Å². The van der Waals surface area contributed by atoms with E-state index in [2.05, 4.69) is 58.2 Å². The van der Waals surface area contributed by atoms with Crippen LogP contribution in [0.1, 0.15) is 113 Å². The Hall–Kier alpha value is -6.64. The molecular weight excluding hydrogens is 929 g/mol. The highest BCUT2D eigenvalue weighted by molar-refractivity contribution is 5.97. The van der Waals surface area contributed by atoms with E-state index in [1.54, 1.807) is 13.8 Å². The molecule has 0 radical (unpaired) electrons. The number of hydrogen-bond donors (Lipinski definition) is 15. The number of amides is 11. The fourth-order valence-corrected chi connectivity index (χ4v) is 6.59. The van der Waals surface area contributed by atoms with E-state index in [1.807, 2.05) is 13.8 Å². The second-order valence-electron chi connectivity index (χ2n) is 18.0. The minimum atomic E-state index is -1.24. The average molecular weight is 1010 g/mol. The van der Waals surface area contributed by atoms with Crippen molar-refractivity contribution in [3.05, 3.63) is 0 Å². The molecule has 0 spiro atoms. The first-order chi connectivity index (χ1) is 33.3. The maximum Gasteiger partial charge on any atom is 0.243 e. The van der Waals surface area contributed by atoms with Crippen LogP contribution in [0.5, 0.6) is 0 Å². The third kappa shape index (κ3) is 29.9. The minimum Gasteiger partial charge on any atom is -0.370 e. The molecule has 0 unspecified atom stereocenters. The van der Waals surface area contributed by atoms with Gasteiger partial charge in [-0.1, -0.05) is 27.7 Å². The van der Waals surface area contributed by atoms with E-state index in [0.717, 1.165) is 0 Å². The molecule has 11 amide bonds. The van der Waals surface area contributed by atoms with Gasteiger partial charge in [0.25, 0.3) is 0 Å². The van der Waals surface area contributed by atoms with Crippen molar-refractivity contribution in [1.82, 2.24) is 53.2 Å². The quantitative estimate of drug-likeness (QED) is 0.0158. The average Bonchev–Trinajstić information content (AvgIpc) is 3.28. The number of aliphatic imine (C=N–C) groups is 1. The lowest BCUT2D eigenvalue weighted by molar-refractivity contribution is -0.135. The third-order valence-corrected chi connectivity index (χ3v) is 10.3. The molecule has 0 aromatic rings. The molecule has 0 rings (SSSR count). The molecule has 20 N–H and O–H groups in total. The summed E-state index contributed by atoms with van der Waals surface area (Å²) in [7, 11) is 0. The maximum absolute atomic E-state index is 13.8. The zero-order valence-corrected chi connectivity index (χ0v) is 42.3. The van der Waals surface area contributed by atoms with Crippen molar-refractivity contribution in [3.63, 3.8) is 0 Å². The van der Waals surface area contributed by atoms with Crippen molar-refractivity contribution in [1.29, 1.82) is 0 Å². The lowest BCUT2D eigenvalue weighted by atomic mass is 10.0. The van der Waals surface area contributed by atoms with Crippen molar-refractivity contribution >= 4 is 70.9 Å². The van der Waals surface area contributed by atoms with Crippen LogP contribution >= 0.6 is 0 Å². The molecular formula is C44H82N16O11. The lowest BCUT2D eigenvalue weighted by Gasteiger charge is -2.26. The largest absolute Gasteiger partial charge is 0.370 e. The van der Waals surface area contributed by atoms with Crippen LogP contribution in [0.2, 0.25) is 0 Å². The Morgan fingerprint density at radius 3 is 1.24 bits per heavy atom. The van der Waals surface area contributed by atoms with E-state index < -0.39 is 127 Å². The highest BCUT2D eigenvalue weighted by atomic mass is 16.2. The van der Waals surface area contributed by atoms with Gasteiger partial charge >= 0.3 is 0 Å². The van der Waals surface area contributed by atoms with Crippen molar-refractivity contribution in [2.45, 2.75) is 155 Å². The van der Waals surface area contributed by atoms with Crippen LogP contribution in [-0.2, 0) is 52.7 Å². The summed E-state index contributed by atoms with van der Waals surface area (Å²) in [4.78, 5) is 145. The van der Waals surface area contributed by atoms with E-state index in [9.17, 15) is 52.7 Å². The normalized spacial score (nSPS) is 13.8. The van der Waals surface area contributed by atoms with Gasteiger partial charge in [0.15, 0.2) is 5.96 Å². The lowest BCUT2D eigenvalue weighted by Crippen LogP contribution is -2.58. The molecule has 7 atom stereocenters. The Kier molecular flexibility index (Phi) is 32.1. The Balaban J connectivity index is 5.78. The predicted octanol–water partition coefficient (Wildman–Crippen LogP) is -5.32. The van der Waals surface area contributed by atoms with Gasteiger partial charge in [-0.05, 0) is 103 Å². The molecule has 71 heavy (non-hydrogen) atoms. The predicted molar refractivity (Wildman–Crippen MR) is 263 cm³/mol. The molecule has 0 saturated carbocycles. The van der Waals surface area contributed by atoms with Crippen LogP contribution in [0, 0.1) is 11.8 Å². The molecule has 0 aromatic heterocycles. The van der Waals surface area contributed by atoms with Crippen LogP contribution in [0.15, 0.2) is 4.99 Å². The monoisotopic (exact) mass is 1010 g/mol. The third-order valence-electron chi connectivity index (χ3n) is 10.3. The van der Waals surface area contributed by atoms with Crippen LogP contribution in [0.3, 0.4) is 0 Å². The summed E-state index contributed by atoms with van der Waals surface area (Å²) in [6, 6.07) is -8.04. The number of hydrogen-bond acceptors (Lipinski definition) is 14. The summed E-state index contributed by atoms with van der Waals surface area (Å²) in [5.41, 5.74) is 27.3. The fraction of sp³-hybridized carbons (Fsp3) is 0.727. The van der Waals surface area contributed by atoms with Crippen LogP contribution in [0.4, 0.5) is 0 Å². The van der Waals surface area contributed by atoms with Gasteiger partial charge in [-0.15, -0.1) is 0 Å². The van der Waals surface area contributed by atoms with Crippen molar-refractivity contribution < 1.29 is 52.7 Å². The highest BCUT2D eigenvalue weighted by Crippen LogP contribution is 2.09. The molecule has 404 valence electrons. The summed E-state index contributed by atoms with van der Waals surface area (Å²) >= 11 is 0. The molecule has 0 saturated heterocycles. The zero-order valence-electron chi connectivity index (χ0n) is 42.3. The minimum absolute atomic E-state index is 0.0630. The summed E-state index contributed by atoms with van der Waals surface area (Å²) in [5, 5.41) is 25.1.